The molecule has 148 valence electrons. The number of nitrogens with one attached hydrogen (secondary N) is 2. The maximum Gasteiger partial charge on any atom is 0.231 e. The van der Waals surface area contributed by atoms with Crippen LogP contribution in [-0.2, 0) is 13.1 Å². The number of hydrogen-bond acceptors (Lipinski definition) is 5. The lowest BCUT2D eigenvalue weighted by Gasteiger charge is -2.14. The normalized spacial score (nSPS) is 16.2. The van der Waals surface area contributed by atoms with Gasteiger partial charge in [-0.05, 0) is 55.0 Å². The van der Waals surface area contributed by atoms with E-state index >= 15 is 0 Å². The Morgan fingerprint density at radius 1 is 1.07 bits per heavy atom. The number of rotatable bonds is 6. The van der Waals surface area contributed by atoms with Crippen LogP contribution in [0.4, 0.5) is 0 Å². The van der Waals surface area contributed by atoms with Crippen molar-refractivity contribution in [1.29, 1.82) is 0 Å². The molecule has 1 fully saturated rings. The molecule has 0 atom stereocenters. The number of nitrogens with zero attached hydrogens (tertiary/aromatic N) is 2. The van der Waals surface area contributed by atoms with Crippen molar-refractivity contribution in [3.63, 3.8) is 0 Å². The van der Waals surface area contributed by atoms with Crippen molar-refractivity contribution in [3.05, 3.63) is 47.7 Å². The van der Waals surface area contributed by atoms with Crippen molar-refractivity contribution >= 4 is 5.96 Å². The van der Waals surface area contributed by atoms with Crippen LogP contribution < -0.4 is 24.8 Å². The van der Waals surface area contributed by atoms with Gasteiger partial charge in [0.25, 0.3) is 0 Å². The first-order chi connectivity index (χ1) is 13.8. The molecule has 0 radical (unpaired) electrons. The molecule has 0 spiro atoms. The number of hydrogen-bond donors (Lipinski definition) is 2. The highest BCUT2D eigenvalue weighted by molar-refractivity contribution is 5.79. The average Bonchev–Trinajstić information content (AvgIpc) is 3.40. The van der Waals surface area contributed by atoms with Crippen molar-refractivity contribution in [1.82, 2.24) is 15.6 Å². The lowest BCUT2D eigenvalue weighted by atomic mass is 10.2. The van der Waals surface area contributed by atoms with Crippen molar-refractivity contribution in [2.24, 2.45) is 4.99 Å². The molecule has 0 saturated heterocycles. The maximum atomic E-state index is 5.98. The summed E-state index contributed by atoms with van der Waals surface area (Å²) in [6.07, 6.45) is 6.85. The van der Waals surface area contributed by atoms with Crippen molar-refractivity contribution in [3.8, 4) is 17.4 Å². The van der Waals surface area contributed by atoms with Gasteiger partial charge in [0.1, 0.15) is 6.10 Å². The van der Waals surface area contributed by atoms with Crippen LogP contribution in [0.2, 0.25) is 0 Å². The molecule has 0 amide bonds. The molecule has 0 bridgehead atoms. The van der Waals surface area contributed by atoms with Gasteiger partial charge in [-0.2, -0.15) is 0 Å². The molecular formula is C21H26N4O3. The van der Waals surface area contributed by atoms with E-state index in [0.717, 1.165) is 41.4 Å². The Kier molecular flexibility index (Phi) is 5.80. The summed E-state index contributed by atoms with van der Waals surface area (Å²) in [5.74, 6) is 3.01. The second-order valence-electron chi connectivity index (χ2n) is 6.99. The molecule has 1 saturated carbocycles. The predicted molar refractivity (Wildman–Crippen MR) is 107 cm³/mol. The fourth-order valence-electron chi connectivity index (χ4n) is 3.44. The standard InChI is InChI=1S/C21H26N4O3/c1-22-21(24-12-15-6-7-18-19(10-15)27-14-26-18)25-13-16-8-9-23-20(11-16)28-17-4-2-3-5-17/h6-11,17H,2-5,12-14H2,1H3,(H2,22,24,25). The van der Waals surface area contributed by atoms with Crippen LogP contribution in [0.1, 0.15) is 36.8 Å². The minimum absolute atomic E-state index is 0.286. The molecule has 1 aromatic heterocycles. The molecule has 4 rings (SSSR count). The molecule has 2 aromatic rings. The van der Waals surface area contributed by atoms with Crippen LogP contribution in [0.25, 0.3) is 0 Å². The second-order valence-corrected chi connectivity index (χ2v) is 6.99. The third kappa shape index (κ3) is 4.65. The van der Waals surface area contributed by atoms with Gasteiger partial charge < -0.3 is 24.8 Å². The molecule has 7 nitrogen and oxygen atoms in total. The fraction of sp³-hybridized carbons (Fsp3) is 0.429. The molecule has 1 aromatic carbocycles. The Morgan fingerprint density at radius 2 is 1.82 bits per heavy atom. The number of aromatic nitrogens is 1. The number of benzene rings is 1. The zero-order valence-electron chi connectivity index (χ0n) is 16.1. The summed E-state index contributed by atoms with van der Waals surface area (Å²) in [6, 6.07) is 9.91. The van der Waals surface area contributed by atoms with E-state index in [1.807, 2.05) is 30.3 Å². The van der Waals surface area contributed by atoms with Gasteiger partial charge in [-0.1, -0.05) is 6.07 Å². The summed E-state index contributed by atoms with van der Waals surface area (Å²) < 4.78 is 16.8. The molecule has 28 heavy (non-hydrogen) atoms. The van der Waals surface area contributed by atoms with E-state index in [1.54, 1.807) is 13.2 Å². The summed E-state index contributed by atoms with van der Waals surface area (Å²) in [5.41, 5.74) is 2.21. The van der Waals surface area contributed by atoms with Gasteiger partial charge in [-0.3, -0.25) is 4.99 Å². The average molecular weight is 382 g/mol. The number of guanidine groups is 1. The van der Waals surface area contributed by atoms with Gasteiger partial charge in [0.2, 0.25) is 12.7 Å². The summed E-state index contributed by atoms with van der Waals surface area (Å²) in [5, 5.41) is 6.64. The summed E-state index contributed by atoms with van der Waals surface area (Å²) in [4.78, 5) is 8.62. The van der Waals surface area contributed by atoms with Gasteiger partial charge in [0.15, 0.2) is 17.5 Å². The molecule has 2 heterocycles. The third-order valence-corrected chi connectivity index (χ3v) is 4.97. The molecule has 2 N–H and O–H groups in total. The van der Waals surface area contributed by atoms with Gasteiger partial charge in [-0.15, -0.1) is 0 Å². The van der Waals surface area contributed by atoms with Crippen LogP contribution in [-0.4, -0.2) is 30.9 Å². The highest BCUT2D eigenvalue weighted by atomic mass is 16.7. The smallest absolute Gasteiger partial charge is 0.231 e. The largest absolute Gasteiger partial charge is 0.474 e. The van der Waals surface area contributed by atoms with E-state index in [9.17, 15) is 0 Å². The number of aliphatic imine (C=N–C) groups is 1. The van der Waals surface area contributed by atoms with Crippen LogP contribution in [0.3, 0.4) is 0 Å². The lowest BCUT2D eigenvalue weighted by molar-refractivity contribution is 0.174. The minimum Gasteiger partial charge on any atom is -0.474 e. The molecule has 0 unspecified atom stereocenters. The minimum atomic E-state index is 0.286. The summed E-state index contributed by atoms with van der Waals surface area (Å²) >= 11 is 0. The summed E-state index contributed by atoms with van der Waals surface area (Å²) in [7, 11) is 1.76. The van der Waals surface area contributed by atoms with Crippen molar-refractivity contribution in [2.75, 3.05) is 13.8 Å². The van der Waals surface area contributed by atoms with E-state index in [1.165, 1.54) is 12.8 Å². The second kappa shape index (κ2) is 8.82. The topological polar surface area (TPSA) is 77.0 Å². The molecule has 2 aliphatic rings. The van der Waals surface area contributed by atoms with Gasteiger partial charge in [0, 0.05) is 32.4 Å². The Labute approximate surface area is 165 Å². The predicted octanol–water partition coefficient (Wildman–Crippen LogP) is 3.00. The SMILES string of the molecule is CN=C(NCc1ccnc(OC2CCCC2)c1)NCc1ccc2c(c1)OCO2. The Morgan fingerprint density at radius 3 is 2.61 bits per heavy atom. The maximum absolute atomic E-state index is 5.98. The van der Waals surface area contributed by atoms with Crippen LogP contribution in [0, 0.1) is 0 Å². The Balaban J connectivity index is 1.28. The zero-order chi connectivity index (χ0) is 19.2. The first-order valence-corrected chi connectivity index (χ1v) is 9.75. The number of fused-ring (bicyclic) bond motifs is 1. The molecule has 1 aliphatic heterocycles. The lowest BCUT2D eigenvalue weighted by Crippen LogP contribution is -2.36. The highest BCUT2D eigenvalue weighted by Crippen LogP contribution is 2.32. The first kappa shape index (κ1) is 18.4. The summed E-state index contributed by atoms with van der Waals surface area (Å²) in [6.45, 7) is 1.57. The monoisotopic (exact) mass is 382 g/mol. The Bertz CT molecular complexity index is 834. The van der Waals surface area contributed by atoms with Crippen molar-refractivity contribution in [2.45, 2.75) is 44.9 Å². The zero-order valence-corrected chi connectivity index (χ0v) is 16.1. The van der Waals surface area contributed by atoms with Crippen LogP contribution >= 0.6 is 0 Å². The van der Waals surface area contributed by atoms with E-state index in [0.29, 0.717) is 25.1 Å². The van der Waals surface area contributed by atoms with Crippen LogP contribution in [0.15, 0.2) is 41.5 Å². The fourth-order valence-corrected chi connectivity index (χ4v) is 3.44. The third-order valence-electron chi connectivity index (χ3n) is 4.97. The molecular weight excluding hydrogens is 356 g/mol. The van der Waals surface area contributed by atoms with Gasteiger partial charge >= 0.3 is 0 Å². The number of pyridine rings is 1. The highest BCUT2D eigenvalue weighted by Gasteiger charge is 2.17. The first-order valence-electron chi connectivity index (χ1n) is 9.75. The van der Waals surface area contributed by atoms with E-state index in [-0.39, 0.29) is 6.79 Å². The molecule has 1 aliphatic carbocycles. The van der Waals surface area contributed by atoms with Crippen molar-refractivity contribution < 1.29 is 14.2 Å². The van der Waals surface area contributed by atoms with E-state index in [4.69, 9.17) is 14.2 Å². The Hall–Kier alpha value is -2.96. The van der Waals surface area contributed by atoms with E-state index in [2.05, 4.69) is 20.6 Å². The van der Waals surface area contributed by atoms with E-state index < -0.39 is 0 Å². The van der Waals surface area contributed by atoms with Gasteiger partial charge in [-0.25, -0.2) is 4.98 Å². The molecule has 7 heteroatoms. The number of ether oxygens (including phenoxy) is 3. The van der Waals surface area contributed by atoms with Crippen LogP contribution in [0.5, 0.6) is 17.4 Å². The van der Waals surface area contributed by atoms with Gasteiger partial charge in [0.05, 0.1) is 0 Å². The quantitative estimate of drug-likeness (QED) is 0.591.